The first-order chi connectivity index (χ1) is 13.6. The maximum atomic E-state index is 13.3. The minimum atomic E-state index is -0.395. The molecule has 28 heavy (non-hydrogen) atoms. The van der Waals surface area contributed by atoms with E-state index in [-0.39, 0.29) is 12.1 Å². The van der Waals surface area contributed by atoms with E-state index in [0.717, 1.165) is 43.0 Å². The van der Waals surface area contributed by atoms with Crippen molar-refractivity contribution in [1.29, 1.82) is 0 Å². The van der Waals surface area contributed by atoms with Crippen LogP contribution < -0.4 is 5.32 Å². The normalized spacial score (nSPS) is 20.1. The van der Waals surface area contributed by atoms with Gasteiger partial charge in [0.2, 0.25) is 0 Å². The van der Waals surface area contributed by atoms with Crippen LogP contribution in [0.2, 0.25) is 0 Å². The van der Waals surface area contributed by atoms with E-state index in [2.05, 4.69) is 25.3 Å². The summed E-state index contributed by atoms with van der Waals surface area (Å²) in [4.78, 5) is 16.0. The molecule has 4 aromatic rings. The quantitative estimate of drug-likeness (QED) is 0.500. The Morgan fingerprint density at radius 2 is 2.11 bits per heavy atom. The Kier molecular flexibility index (Phi) is 4.20. The van der Waals surface area contributed by atoms with Crippen LogP contribution in [-0.4, -0.2) is 37.2 Å². The summed E-state index contributed by atoms with van der Waals surface area (Å²) in [6.45, 7) is 0. The molecule has 1 aromatic carbocycles. The van der Waals surface area contributed by atoms with E-state index < -0.39 is 5.82 Å². The molecule has 0 radical (unpaired) electrons. The third-order valence-electron chi connectivity index (χ3n) is 5.22. The number of fused-ring (bicyclic) bond motifs is 2. The van der Waals surface area contributed by atoms with Gasteiger partial charge in [-0.05, 0) is 30.5 Å². The van der Waals surface area contributed by atoms with Crippen molar-refractivity contribution in [3.63, 3.8) is 0 Å². The molecule has 0 amide bonds. The molecular weight excluding hydrogens is 361 g/mol. The first-order valence-corrected chi connectivity index (χ1v) is 9.48. The molecule has 1 aliphatic rings. The van der Waals surface area contributed by atoms with E-state index >= 15 is 0 Å². The first kappa shape index (κ1) is 17.1. The van der Waals surface area contributed by atoms with Crippen LogP contribution in [0.3, 0.4) is 0 Å². The van der Waals surface area contributed by atoms with Gasteiger partial charge in [0, 0.05) is 12.5 Å². The summed E-state index contributed by atoms with van der Waals surface area (Å²) in [7, 11) is 0. The van der Waals surface area contributed by atoms with Crippen molar-refractivity contribution < 1.29 is 13.9 Å². The Hall–Kier alpha value is -3.00. The van der Waals surface area contributed by atoms with Crippen molar-refractivity contribution in [3.05, 3.63) is 47.7 Å². The fraction of sp³-hybridized carbons (Fsp3) is 0.350. The molecule has 7 nitrogen and oxygen atoms in total. The summed E-state index contributed by atoms with van der Waals surface area (Å²) in [5.74, 6) is 0.310. The largest absolute Gasteiger partial charge is 0.424 e. The molecule has 2 unspecified atom stereocenters. The van der Waals surface area contributed by atoms with Gasteiger partial charge in [-0.1, -0.05) is 18.9 Å². The SMILES string of the molecule is OC1CCCCC1Nc1nc2ccc(Cc3nc4ncc(F)cc4[nH]3)cc2o1. The number of aromatic amines is 1. The predicted octanol–water partition coefficient (Wildman–Crippen LogP) is 3.54. The van der Waals surface area contributed by atoms with Crippen molar-refractivity contribution in [2.45, 2.75) is 44.2 Å². The number of anilines is 1. The highest BCUT2D eigenvalue weighted by molar-refractivity contribution is 5.75. The zero-order valence-corrected chi connectivity index (χ0v) is 15.2. The Morgan fingerprint density at radius 3 is 3.00 bits per heavy atom. The number of aliphatic hydroxyl groups excluding tert-OH is 1. The van der Waals surface area contributed by atoms with E-state index in [9.17, 15) is 9.50 Å². The number of oxazole rings is 1. The van der Waals surface area contributed by atoms with E-state index in [1.54, 1.807) is 0 Å². The second-order valence-corrected chi connectivity index (χ2v) is 7.31. The number of hydrogen-bond donors (Lipinski definition) is 3. The summed E-state index contributed by atoms with van der Waals surface area (Å²) in [5, 5.41) is 13.3. The highest BCUT2D eigenvalue weighted by Gasteiger charge is 2.24. The van der Waals surface area contributed by atoms with Gasteiger partial charge in [0.05, 0.1) is 23.9 Å². The van der Waals surface area contributed by atoms with Gasteiger partial charge in [-0.2, -0.15) is 4.98 Å². The molecule has 0 saturated heterocycles. The summed E-state index contributed by atoms with van der Waals surface area (Å²) < 4.78 is 19.1. The number of nitrogens with one attached hydrogen (secondary N) is 2. The molecule has 0 aliphatic heterocycles. The van der Waals surface area contributed by atoms with Gasteiger partial charge in [-0.15, -0.1) is 0 Å². The monoisotopic (exact) mass is 381 g/mol. The van der Waals surface area contributed by atoms with Gasteiger partial charge >= 0.3 is 0 Å². The fourth-order valence-corrected chi connectivity index (χ4v) is 3.78. The summed E-state index contributed by atoms with van der Waals surface area (Å²) in [6, 6.07) is 7.58. The molecule has 1 fully saturated rings. The second kappa shape index (κ2) is 6.87. The van der Waals surface area contributed by atoms with Crippen molar-refractivity contribution in [2.75, 3.05) is 5.32 Å². The van der Waals surface area contributed by atoms with Gasteiger partial charge in [0.25, 0.3) is 6.01 Å². The molecule has 3 heterocycles. The lowest BCUT2D eigenvalue weighted by Crippen LogP contribution is -2.36. The zero-order chi connectivity index (χ0) is 19.1. The third-order valence-corrected chi connectivity index (χ3v) is 5.22. The van der Waals surface area contributed by atoms with Crippen LogP contribution in [0.15, 0.2) is 34.9 Å². The topological polar surface area (TPSA) is 99.9 Å². The van der Waals surface area contributed by atoms with Crippen LogP contribution in [0, 0.1) is 5.82 Å². The molecule has 2 atom stereocenters. The lowest BCUT2D eigenvalue weighted by Gasteiger charge is -2.27. The van der Waals surface area contributed by atoms with E-state index in [0.29, 0.717) is 35.0 Å². The highest BCUT2D eigenvalue weighted by Crippen LogP contribution is 2.26. The smallest absolute Gasteiger partial charge is 0.295 e. The summed E-state index contributed by atoms with van der Waals surface area (Å²) >= 11 is 0. The van der Waals surface area contributed by atoms with Gasteiger partial charge in [0.15, 0.2) is 11.2 Å². The van der Waals surface area contributed by atoms with Crippen molar-refractivity contribution in [2.24, 2.45) is 0 Å². The third kappa shape index (κ3) is 3.31. The average Bonchev–Trinajstić information content (AvgIpc) is 3.25. The molecule has 1 saturated carbocycles. The molecule has 3 N–H and O–H groups in total. The van der Waals surface area contributed by atoms with Gasteiger partial charge in [0.1, 0.15) is 17.2 Å². The number of halogens is 1. The lowest BCUT2D eigenvalue weighted by molar-refractivity contribution is 0.115. The first-order valence-electron chi connectivity index (χ1n) is 9.48. The number of pyridine rings is 1. The predicted molar refractivity (Wildman–Crippen MR) is 103 cm³/mol. The lowest BCUT2D eigenvalue weighted by atomic mass is 9.93. The standard InChI is InChI=1S/C20H20FN5O2/c21-12-9-15-19(22-10-12)26-18(23-15)8-11-5-6-14-17(7-11)28-20(25-14)24-13-3-1-2-4-16(13)27/h5-7,9-10,13,16,27H,1-4,8H2,(H,24,25)(H,22,23,26). The van der Waals surface area contributed by atoms with Crippen LogP contribution in [0.25, 0.3) is 22.3 Å². The highest BCUT2D eigenvalue weighted by atomic mass is 19.1. The molecule has 1 aliphatic carbocycles. The minimum Gasteiger partial charge on any atom is -0.424 e. The van der Waals surface area contributed by atoms with E-state index in [1.165, 1.54) is 6.07 Å². The van der Waals surface area contributed by atoms with Crippen LogP contribution in [0.4, 0.5) is 10.4 Å². The molecule has 5 rings (SSSR count). The van der Waals surface area contributed by atoms with E-state index in [1.807, 2.05) is 18.2 Å². The fourth-order valence-electron chi connectivity index (χ4n) is 3.78. The molecular formula is C20H20FN5O2. The summed E-state index contributed by atoms with van der Waals surface area (Å²) in [5.41, 5.74) is 3.49. The number of aromatic nitrogens is 4. The van der Waals surface area contributed by atoms with Crippen molar-refractivity contribution in [3.8, 4) is 0 Å². The Balaban J connectivity index is 1.36. The van der Waals surface area contributed by atoms with E-state index in [4.69, 9.17) is 4.42 Å². The maximum Gasteiger partial charge on any atom is 0.295 e. The van der Waals surface area contributed by atoms with Gasteiger partial charge in [-0.25, -0.2) is 14.4 Å². The van der Waals surface area contributed by atoms with Crippen LogP contribution >= 0.6 is 0 Å². The minimum absolute atomic E-state index is 0.0234. The average molecular weight is 381 g/mol. The molecule has 3 aromatic heterocycles. The molecule has 144 valence electrons. The number of nitrogens with zero attached hydrogens (tertiary/aromatic N) is 3. The van der Waals surface area contributed by atoms with Gasteiger partial charge < -0.3 is 19.8 Å². The van der Waals surface area contributed by atoms with Crippen LogP contribution in [0.5, 0.6) is 0 Å². The number of aliphatic hydroxyl groups is 1. The summed E-state index contributed by atoms with van der Waals surface area (Å²) in [6.07, 6.45) is 5.19. The van der Waals surface area contributed by atoms with Crippen LogP contribution in [0.1, 0.15) is 37.1 Å². The Morgan fingerprint density at radius 1 is 1.21 bits per heavy atom. The molecule has 8 heteroatoms. The van der Waals surface area contributed by atoms with Gasteiger partial charge in [-0.3, -0.25) is 0 Å². The number of H-pyrrole nitrogens is 1. The Labute approximate surface area is 160 Å². The second-order valence-electron chi connectivity index (χ2n) is 7.31. The number of hydrogen-bond acceptors (Lipinski definition) is 6. The number of rotatable bonds is 4. The number of imidazole rings is 1. The van der Waals surface area contributed by atoms with Crippen molar-refractivity contribution in [1.82, 2.24) is 19.9 Å². The molecule has 0 bridgehead atoms. The van der Waals surface area contributed by atoms with Crippen LogP contribution in [-0.2, 0) is 6.42 Å². The van der Waals surface area contributed by atoms with Crippen molar-refractivity contribution >= 4 is 28.3 Å². The molecule has 0 spiro atoms. The maximum absolute atomic E-state index is 13.3. The Bertz CT molecular complexity index is 1140. The number of benzene rings is 1. The zero-order valence-electron chi connectivity index (χ0n) is 15.2.